The maximum Gasteiger partial charge on any atom is 0.312 e. The van der Waals surface area contributed by atoms with Crippen LogP contribution in [0.4, 0.5) is 10.2 Å². The number of nitrogen functional groups attached to an aromatic ring is 1. The predicted molar refractivity (Wildman–Crippen MR) is 131 cm³/mol. The van der Waals surface area contributed by atoms with E-state index in [2.05, 4.69) is 63.9 Å². The highest BCUT2D eigenvalue weighted by Gasteiger charge is 2.19. The first kappa shape index (κ1) is 22.4. The van der Waals surface area contributed by atoms with E-state index < -0.39 is 6.08 Å². The number of hydrogen-bond donors (Lipinski definition) is 2. The SMILES string of the molecule is CC(C)CNCCCCn1c(Cc2cc3c(cc2I)CCC3)nc2c(N)nc(F)nc21. The molecule has 0 saturated carbocycles. The van der Waals surface area contributed by atoms with Crippen molar-refractivity contribution in [2.24, 2.45) is 5.92 Å². The Morgan fingerprint density at radius 3 is 2.71 bits per heavy atom. The Labute approximate surface area is 196 Å². The molecule has 8 heteroatoms. The fourth-order valence-electron chi connectivity index (χ4n) is 4.27. The zero-order valence-corrected chi connectivity index (χ0v) is 20.4. The fourth-order valence-corrected chi connectivity index (χ4v) is 4.99. The Morgan fingerprint density at radius 1 is 1.16 bits per heavy atom. The molecule has 2 aromatic heterocycles. The van der Waals surface area contributed by atoms with Crippen LogP contribution in [0.2, 0.25) is 0 Å². The molecule has 31 heavy (non-hydrogen) atoms. The number of anilines is 1. The molecule has 2 heterocycles. The van der Waals surface area contributed by atoms with Gasteiger partial charge in [0.2, 0.25) is 0 Å². The van der Waals surface area contributed by atoms with Gasteiger partial charge < -0.3 is 15.6 Å². The maximum atomic E-state index is 13.9. The quantitative estimate of drug-likeness (QED) is 0.243. The Bertz CT molecular complexity index is 1080. The molecule has 4 rings (SSSR count). The number of imidazole rings is 1. The largest absolute Gasteiger partial charge is 0.382 e. The molecule has 1 aliphatic carbocycles. The third-order valence-corrected chi connectivity index (χ3v) is 6.82. The van der Waals surface area contributed by atoms with Gasteiger partial charge in [-0.25, -0.2) is 4.98 Å². The van der Waals surface area contributed by atoms with Crippen LogP contribution in [-0.4, -0.2) is 32.6 Å². The van der Waals surface area contributed by atoms with Crippen molar-refractivity contribution in [1.82, 2.24) is 24.8 Å². The summed E-state index contributed by atoms with van der Waals surface area (Å²) in [6, 6.07) is 4.62. The normalized spacial score (nSPS) is 13.5. The molecule has 6 nitrogen and oxygen atoms in total. The van der Waals surface area contributed by atoms with E-state index in [0.717, 1.165) is 44.7 Å². The lowest BCUT2D eigenvalue weighted by molar-refractivity contribution is 0.515. The first-order valence-electron chi connectivity index (χ1n) is 11.1. The third kappa shape index (κ3) is 5.16. The van der Waals surface area contributed by atoms with Crippen LogP contribution in [0.3, 0.4) is 0 Å². The molecule has 0 unspecified atom stereocenters. The number of aromatic nitrogens is 4. The van der Waals surface area contributed by atoms with Crippen molar-refractivity contribution in [1.29, 1.82) is 0 Å². The van der Waals surface area contributed by atoms with Crippen molar-refractivity contribution in [3.8, 4) is 0 Å². The molecule has 0 bridgehead atoms. The molecule has 0 amide bonds. The summed E-state index contributed by atoms with van der Waals surface area (Å²) in [4.78, 5) is 12.5. The number of unbranched alkanes of at least 4 members (excludes halogenated alkanes) is 1. The summed E-state index contributed by atoms with van der Waals surface area (Å²) in [6.45, 7) is 7.12. The zero-order chi connectivity index (χ0) is 22.0. The van der Waals surface area contributed by atoms with Gasteiger partial charge in [-0.15, -0.1) is 0 Å². The number of benzene rings is 1. The van der Waals surface area contributed by atoms with Gasteiger partial charge in [0.25, 0.3) is 0 Å². The van der Waals surface area contributed by atoms with Gasteiger partial charge >= 0.3 is 6.08 Å². The Balaban J connectivity index is 1.59. The lowest BCUT2D eigenvalue weighted by atomic mass is 10.0. The van der Waals surface area contributed by atoms with Gasteiger partial charge in [0.15, 0.2) is 17.0 Å². The minimum atomic E-state index is -0.802. The predicted octanol–water partition coefficient (Wildman–Crippen LogP) is 4.26. The van der Waals surface area contributed by atoms with Gasteiger partial charge in [0, 0.05) is 16.5 Å². The molecule has 0 saturated heterocycles. The fraction of sp³-hybridized carbons (Fsp3) is 0.522. The van der Waals surface area contributed by atoms with Crippen molar-refractivity contribution in [3.05, 3.63) is 44.3 Å². The number of rotatable bonds is 9. The van der Waals surface area contributed by atoms with Gasteiger partial charge in [-0.2, -0.15) is 14.4 Å². The maximum absolute atomic E-state index is 13.9. The monoisotopic (exact) mass is 536 g/mol. The molecule has 0 atom stereocenters. The van der Waals surface area contributed by atoms with E-state index in [1.165, 1.54) is 33.1 Å². The smallest absolute Gasteiger partial charge is 0.312 e. The highest BCUT2D eigenvalue weighted by Crippen LogP contribution is 2.29. The van der Waals surface area contributed by atoms with Crippen molar-refractivity contribution in [2.75, 3.05) is 18.8 Å². The molecular weight excluding hydrogens is 506 g/mol. The van der Waals surface area contributed by atoms with Crippen LogP contribution >= 0.6 is 22.6 Å². The highest BCUT2D eigenvalue weighted by atomic mass is 127. The lowest BCUT2D eigenvalue weighted by Crippen LogP contribution is -2.21. The topological polar surface area (TPSA) is 81.7 Å². The number of hydrogen-bond acceptors (Lipinski definition) is 5. The van der Waals surface area contributed by atoms with E-state index in [1.54, 1.807) is 0 Å². The Hall–Kier alpha value is -1.81. The number of nitrogens with zero attached hydrogens (tertiary/aromatic N) is 4. The number of fused-ring (bicyclic) bond motifs is 2. The molecule has 0 radical (unpaired) electrons. The molecule has 3 aromatic rings. The summed E-state index contributed by atoms with van der Waals surface area (Å²) < 4.78 is 17.2. The number of nitrogens with one attached hydrogen (secondary N) is 1. The first-order chi connectivity index (χ1) is 14.9. The molecule has 3 N–H and O–H groups in total. The highest BCUT2D eigenvalue weighted by molar-refractivity contribution is 14.1. The first-order valence-corrected chi connectivity index (χ1v) is 12.2. The van der Waals surface area contributed by atoms with E-state index >= 15 is 0 Å². The van der Waals surface area contributed by atoms with E-state index in [-0.39, 0.29) is 5.82 Å². The second-order valence-corrected chi connectivity index (χ2v) is 9.94. The van der Waals surface area contributed by atoms with E-state index in [4.69, 9.17) is 10.7 Å². The van der Waals surface area contributed by atoms with Crippen LogP contribution in [0.1, 0.15) is 55.6 Å². The van der Waals surface area contributed by atoms with Gasteiger partial charge in [-0.1, -0.05) is 19.9 Å². The minimum absolute atomic E-state index is 0.102. The summed E-state index contributed by atoms with van der Waals surface area (Å²) in [5.74, 6) is 1.61. The summed E-state index contributed by atoms with van der Waals surface area (Å²) >= 11 is 2.41. The van der Waals surface area contributed by atoms with Gasteiger partial charge in [-0.3, -0.25) is 0 Å². The number of nitrogens with two attached hydrogens (primary N) is 1. The molecule has 166 valence electrons. The van der Waals surface area contributed by atoms with Crippen molar-refractivity contribution in [3.63, 3.8) is 0 Å². The van der Waals surface area contributed by atoms with Crippen LogP contribution in [-0.2, 0) is 25.8 Å². The average molecular weight is 536 g/mol. The van der Waals surface area contributed by atoms with Crippen LogP contribution in [0.15, 0.2) is 12.1 Å². The zero-order valence-electron chi connectivity index (χ0n) is 18.2. The van der Waals surface area contributed by atoms with E-state index in [9.17, 15) is 4.39 Å². The van der Waals surface area contributed by atoms with E-state index in [0.29, 0.717) is 23.5 Å². The van der Waals surface area contributed by atoms with Crippen LogP contribution < -0.4 is 11.1 Å². The van der Waals surface area contributed by atoms with Gasteiger partial charge in [-0.05, 0) is 96.5 Å². The second-order valence-electron chi connectivity index (χ2n) is 8.78. The Morgan fingerprint density at radius 2 is 1.94 bits per heavy atom. The molecular formula is C23H30FIN6. The van der Waals surface area contributed by atoms with Gasteiger partial charge in [0.05, 0.1) is 0 Å². The summed E-state index contributed by atoms with van der Waals surface area (Å²) in [7, 11) is 0. The Kier molecular flexibility index (Phi) is 7.05. The van der Waals surface area contributed by atoms with Crippen LogP contribution in [0.5, 0.6) is 0 Å². The third-order valence-electron chi connectivity index (χ3n) is 5.82. The average Bonchev–Trinajstić information content (AvgIpc) is 3.29. The standard InChI is InChI=1S/C23H30FIN6/c1-14(2)13-27-8-3-4-9-31-19(28-20-21(26)29-23(24)30-22(20)31)12-17-10-15-6-5-7-16(15)11-18(17)25/h10-11,14,27H,3-9,12-13H2,1-2H3,(H2,26,29,30). The summed E-state index contributed by atoms with van der Waals surface area (Å²) in [6.07, 6.45) is 5.39. The molecule has 0 spiro atoms. The molecule has 1 aromatic carbocycles. The number of aryl methyl sites for hydroxylation is 3. The van der Waals surface area contributed by atoms with Crippen LogP contribution in [0, 0.1) is 15.6 Å². The van der Waals surface area contributed by atoms with Crippen molar-refractivity contribution < 1.29 is 4.39 Å². The summed E-state index contributed by atoms with van der Waals surface area (Å²) in [5.41, 5.74) is 11.1. The lowest BCUT2D eigenvalue weighted by Gasteiger charge is -2.12. The number of halogens is 2. The van der Waals surface area contributed by atoms with Crippen molar-refractivity contribution in [2.45, 2.75) is 58.9 Å². The van der Waals surface area contributed by atoms with Crippen LogP contribution in [0.25, 0.3) is 11.2 Å². The molecule has 0 aliphatic heterocycles. The van der Waals surface area contributed by atoms with Gasteiger partial charge in [0.1, 0.15) is 5.82 Å². The van der Waals surface area contributed by atoms with Crippen molar-refractivity contribution >= 4 is 39.6 Å². The van der Waals surface area contributed by atoms with E-state index in [1.807, 2.05) is 4.57 Å². The molecule has 1 aliphatic rings. The molecule has 0 fully saturated rings. The second kappa shape index (κ2) is 9.77. The summed E-state index contributed by atoms with van der Waals surface area (Å²) in [5, 5.41) is 3.47. The minimum Gasteiger partial charge on any atom is -0.382 e.